The second-order valence-electron chi connectivity index (χ2n) is 4.75. The summed E-state index contributed by atoms with van der Waals surface area (Å²) in [5, 5.41) is 23.5. The highest BCUT2D eigenvalue weighted by Crippen LogP contribution is 2.39. The van der Waals surface area contributed by atoms with Gasteiger partial charge in [0.2, 0.25) is 5.72 Å². The largest absolute Gasteiger partial charge is 0.393 e. The Labute approximate surface area is 129 Å². The highest BCUT2D eigenvalue weighted by Gasteiger charge is 2.56. The van der Waals surface area contributed by atoms with Crippen molar-refractivity contribution in [1.82, 2.24) is 9.55 Å². The number of aliphatic hydroxyl groups excluding tert-OH is 2. The summed E-state index contributed by atoms with van der Waals surface area (Å²) < 4.78 is 20.2. The summed E-state index contributed by atoms with van der Waals surface area (Å²) in [4.78, 5) is 23.0. The first-order valence-electron chi connectivity index (χ1n) is 6.44. The normalized spacial score (nSPS) is 30.0. The number of anilines is 1. The van der Waals surface area contributed by atoms with Crippen molar-refractivity contribution in [3.05, 3.63) is 33.2 Å². The van der Waals surface area contributed by atoms with Crippen LogP contribution in [0.5, 0.6) is 0 Å². The van der Waals surface area contributed by atoms with E-state index >= 15 is 0 Å². The molecular formula is C11H15FN6O5. The summed E-state index contributed by atoms with van der Waals surface area (Å²) in [5.74, 6) is 0.172. The number of ether oxygens (including phenoxy) is 1. The van der Waals surface area contributed by atoms with E-state index in [1.54, 1.807) is 0 Å². The summed E-state index contributed by atoms with van der Waals surface area (Å²) in [6, 6.07) is 1.36. The van der Waals surface area contributed by atoms with Crippen molar-refractivity contribution in [2.24, 2.45) is 5.11 Å². The molecule has 23 heavy (non-hydrogen) atoms. The molecule has 0 aliphatic carbocycles. The van der Waals surface area contributed by atoms with E-state index in [0.29, 0.717) is 0 Å². The van der Waals surface area contributed by atoms with Crippen molar-refractivity contribution in [1.29, 1.82) is 0 Å². The fourth-order valence-corrected chi connectivity index (χ4v) is 2.15. The SMILES string of the molecule is CON(C)c1ccn([C@@H]2O[C@@](CO)(N=[N+]=[N-])C(O)[C@@H]2F)c(=O)n1. The number of hydroxylamine groups is 1. The monoisotopic (exact) mass is 330 g/mol. The van der Waals surface area contributed by atoms with E-state index in [9.17, 15) is 19.4 Å². The Hall–Kier alpha value is -2.24. The average molecular weight is 330 g/mol. The lowest BCUT2D eigenvalue weighted by Crippen LogP contribution is -2.43. The van der Waals surface area contributed by atoms with Gasteiger partial charge in [-0.2, -0.15) is 4.98 Å². The van der Waals surface area contributed by atoms with E-state index in [2.05, 4.69) is 15.0 Å². The van der Waals surface area contributed by atoms with E-state index in [4.69, 9.17) is 15.1 Å². The molecular weight excluding hydrogens is 315 g/mol. The molecule has 12 heteroatoms. The fraction of sp³-hybridized carbons (Fsp3) is 0.636. The molecule has 126 valence electrons. The quantitative estimate of drug-likeness (QED) is 0.319. The Balaban J connectivity index is 2.40. The predicted octanol–water partition coefficient (Wildman–Crippen LogP) is -0.532. The molecule has 1 aromatic heterocycles. The lowest BCUT2D eigenvalue weighted by Gasteiger charge is -2.23. The first-order chi connectivity index (χ1) is 10.9. The minimum Gasteiger partial charge on any atom is -0.393 e. The van der Waals surface area contributed by atoms with Gasteiger partial charge in [-0.05, 0) is 11.6 Å². The zero-order valence-corrected chi connectivity index (χ0v) is 12.3. The number of nitrogens with zero attached hydrogens (tertiary/aromatic N) is 6. The van der Waals surface area contributed by atoms with Crippen LogP contribution in [0.3, 0.4) is 0 Å². The Bertz CT molecular complexity index is 679. The highest BCUT2D eigenvalue weighted by molar-refractivity contribution is 5.31. The molecule has 0 amide bonds. The Kier molecular flexibility index (Phi) is 4.82. The molecule has 0 saturated carbocycles. The number of halogens is 1. The van der Waals surface area contributed by atoms with Gasteiger partial charge in [-0.25, -0.2) is 14.2 Å². The van der Waals surface area contributed by atoms with Crippen LogP contribution in [0.15, 0.2) is 22.2 Å². The highest BCUT2D eigenvalue weighted by atomic mass is 19.1. The van der Waals surface area contributed by atoms with Gasteiger partial charge in [0.05, 0.1) is 13.7 Å². The number of aromatic nitrogens is 2. The third-order valence-corrected chi connectivity index (χ3v) is 3.49. The summed E-state index contributed by atoms with van der Waals surface area (Å²) >= 11 is 0. The van der Waals surface area contributed by atoms with Crippen LogP contribution < -0.4 is 10.8 Å². The molecule has 1 fully saturated rings. The van der Waals surface area contributed by atoms with Crippen LogP contribution in [0.4, 0.5) is 10.2 Å². The van der Waals surface area contributed by atoms with Crippen molar-refractivity contribution in [3.8, 4) is 0 Å². The molecule has 1 aromatic rings. The van der Waals surface area contributed by atoms with E-state index in [1.165, 1.54) is 31.5 Å². The van der Waals surface area contributed by atoms with Crippen LogP contribution in [0.1, 0.15) is 6.23 Å². The molecule has 2 heterocycles. The van der Waals surface area contributed by atoms with Gasteiger partial charge in [-0.15, -0.1) is 0 Å². The van der Waals surface area contributed by atoms with Crippen LogP contribution in [-0.4, -0.2) is 58.5 Å². The molecule has 0 spiro atoms. The lowest BCUT2D eigenvalue weighted by atomic mass is 10.1. The van der Waals surface area contributed by atoms with Gasteiger partial charge in [-0.1, -0.05) is 5.11 Å². The molecule has 11 nitrogen and oxygen atoms in total. The predicted molar refractivity (Wildman–Crippen MR) is 73.9 cm³/mol. The zero-order valence-electron chi connectivity index (χ0n) is 12.3. The summed E-state index contributed by atoms with van der Waals surface area (Å²) in [7, 11) is 2.88. The van der Waals surface area contributed by atoms with Crippen molar-refractivity contribution in [2.45, 2.75) is 24.2 Å². The molecule has 1 unspecified atom stereocenters. The summed E-state index contributed by atoms with van der Waals surface area (Å²) in [6.07, 6.45) is -4.47. The molecule has 4 atom stereocenters. The molecule has 1 aliphatic rings. The number of azide groups is 1. The van der Waals surface area contributed by atoms with E-state index in [0.717, 1.165) is 4.57 Å². The van der Waals surface area contributed by atoms with E-state index in [-0.39, 0.29) is 5.82 Å². The maximum absolute atomic E-state index is 14.3. The standard InChI is InChI=1S/C11H15FN6O5/c1-17(22-2)6-3-4-18(10(21)14-6)9-7(12)8(20)11(5-19,23-9)15-16-13/h3-4,7-9,19-20H,5H2,1-2H3/t7-,8?,9+,11+/m0/s1. The van der Waals surface area contributed by atoms with Crippen LogP contribution in [0.2, 0.25) is 0 Å². The molecule has 0 aromatic carbocycles. The van der Waals surface area contributed by atoms with Gasteiger partial charge < -0.3 is 14.9 Å². The summed E-state index contributed by atoms with van der Waals surface area (Å²) in [6.45, 7) is -0.957. The van der Waals surface area contributed by atoms with Gasteiger partial charge in [-0.3, -0.25) is 9.40 Å². The number of aliphatic hydroxyl groups is 2. The molecule has 0 radical (unpaired) electrons. The number of hydrogen-bond acceptors (Lipinski definition) is 8. The van der Waals surface area contributed by atoms with Crippen molar-refractivity contribution >= 4 is 5.82 Å². The first kappa shape index (κ1) is 17.1. The topological polar surface area (TPSA) is 146 Å². The second-order valence-corrected chi connectivity index (χ2v) is 4.75. The third-order valence-electron chi connectivity index (χ3n) is 3.49. The zero-order chi connectivity index (χ0) is 17.2. The Morgan fingerprint density at radius 2 is 2.43 bits per heavy atom. The average Bonchev–Trinajstić information content (AvgIpc) is 2.80. The molecule has 0 bridgehead atoms. The number of alkyl halides is 1. The molecule has 1 saturated heterocycles. The minimum atomic E-state index is -2.21. The van der Waals surface area contributed by atoms with Gasteiger partial charge >= 0.3 is 5.69 Å². The van der Waals surface area contributed by atoms with Gasteiger partial charge in [0.25, 0.3) is 0 Å². The molecule has 2 N–H and O–H groups in total. The second kappa shape index (κ2) is 6.48. The lowest BCUT2D eigenvalue weighted by molar-refractivity contribution is -0.124. The van der Waals surface area contributed by atoms with Crippen LogP contribution in [0, 0.1) is 0 Å². The maximum atomic E-state index is 14.3. The smallest absolute Gasteiger partial charge is 0.351 e. The number of hydrogen-bond donors (Lipinski definition) is 2. The maximum Gasteiger partial charge on any atom is 0.351 e. The fourth-order valence-electron chi connectivity index (χ4n) is 2.15. The van der Waals surface area contributed by atoms with Gasteiger partial charge in [0.1, 0.15) is 6.10 Å². The summed E-state index contributed by atoms with van der Waals surface area (Å²) in [5.41, 5.74) is 5.41. The molecule has 2 rings (SSSR count). The van der Waals surface area contributed by atoms with Gasteiger partial charge in [0.15, 0.2) is 18.2 Å². The van der Waals surface area contributed by atoms with E-state index < -0.39 is 36.5 Å². The Morgan fingerprint density at radius 3 is 2.96 bits per heavy atom. The van der Waals surface area contributed by atoms with Crippen molar-refractivity contribution in [3.63, 3.8) is 0 Å². The van der Waals surface area contributed by atoms with Crippen LogP contribution in [-0.2, 0) is 9.57 Å². The van der Waals surface area contributed by atoms with Gasteiger partial charge in [0, 0.05) is 18.2 Å². The first-order valence-corrected chi connectivity index (χ1v) is 6.44. The molecule has 1 aliphatic heterocycles. The third kappa shape index (κ3) is 2.85. The number of rotatable bonds is 5. The van der Waals surface area contributed by atoms with Crippen LogP contribution >= 0.6 is 0 Å². The minimum absolute atomic E-state index is 0.172. The Morgan fingerprint density at radius 1 is 1.74 bits per heavy atom. The van der Waals surface area contributed by atoms with Crippen molar-refractivity contribution in [2.75, 3.05) is 25.8 Å². The van der Waals surface area contributed by atoms with Crippen molar-refractivity contribution < 1.29 is 24.2 Å². The van der Waals surface area contributed by atoms with E-state index in [1.807, 2.05) is 0 Å². The van der Waals surface area contributed by atoms with Crippen LogP contribution in [0.25, 0.3) is 10.4 Å².